The molecule has 2 aliphatic rings. The molecule has 0 radical (unpaired) electrons. The molecule has 0 spiro atoms. The Morgan fingerprint density at radius 1 is 0.344 bits per heavy atom. The second-order valence-electron chi connectivity index (χ2n) is 18.8. The molecule has 64 heavy (non-hydrogen) atoms. The average Bonchev–Trinajstić information content (AvgIpc) is 3.92. The highest BCUT2D eigenvalue weighted by Crippen LogP contribution is 2.55. The maximum absolute atomic E-state index is 7.41. The van der Waals surface area contributed by atoms with E-state index in [1.165, 1.54) is 71.8 Å². The normalized spacial score (nSPS) is 14.2. The summed E-state index contributed by atoms with van der Waals surface area (Å²) < 4.78 is 7.41. The highest BCUT2D eigenvalue weighted by Gasteiger charge is 2.38. The smallest absolute Gasteiger partial charge is 0.145 e. The van der Waals surface area contributed by atoms with Gasteiger partial charge in [-0.2, -0.15) is 0 Å². The summed E-state index contributed by atoms with van der Waals surface area (Å²) in [5.74, 6) is 0. The van der Waals surface area contributed by atoms with Gasteiger partial charge >= 0.3 is 0 Å². The van der Waals surface area contributed by atoms with Gasteiger partial charge in [0.05, 0.1) is 5.69 Å². The number of furan rings is 1. The van der Waals surface area contributed by atoms with Crippen molar-refractivity contribution in [3.63, 3.8) is 0 Å². The van der Waals surface area contributed by atoms with Crippen molar-refractivity contribution in [2.75, 3.05) is 4.90 Å². The van der Waals surface area contributed by atoms with Crippen LogP contribution in [0.2, 0.25) is 0 Å². The number of rotatable bonds is 5. The Hall–Kier alpha value is -7.68. The van der Waals surface area contributed by atoms with Crippen LogP contribution in [0.25, 0.3) is 88.0 Å². The number of hydrogen-bond acceptors (Lipinski definition) is 2. The van der Waals surface area contributed by atoms with Crippen LogP contribution in [-0.4, -0.2) is 0 Å². The van der Waals surface area contributed by atoms with Crippen LogP contribution >= 0.6 is 0 Å². The van der Waals surface area contributed by atoms with Gasteiger partial charge in [0.25, 0.3) is 0 Å². The molecule has 10 aromatic carbocycles. The second-order valence-corrected chi connectivity index (χ2v) is 18.8. The van der Waals surface area contributed by atoms with Crippen molar-refractivity contribution in [1.82, 2.24) is 0 Å². The topological polar surface area (TPSA) is 16.4 Å². The van der Waals surface area contributed by atoms with Crippen LogP contribution in [0.4, 0.5) is 17.1 Å². The van der Waals surface area contributed by atoms with Gasteiger partial charge < -0.3 is 9.32 Å². The molecule has 13 rings (SSSR count). The fourth-order valence-electron chi connectivity index (χ4n) is 11.5. The molecule has 304 valence electrons. The van der Waals surface area contributed by atoms with E-state index in [2.05, 4.69) is 233 Å². The predicted molar refractivity (Wildman–Crippen MR) is 269 cm³/mol. The lowest BCUT2D eigenvalue weighted by Gasteiger charge is -2.31. The molecule has 11 aromatic rings. The summed E-state index contributed by atoms with van der Waals surface area (Å²) in [6.45, 7) is 9.48. The van der Waals surface area contributed by atoms with Crippen LogP contribution in [0.1, 0.15) is 49.9 Å². The number of nitrogens with zero attached hydrogens (tertiary/aromatic N) is 1. The van der Waals surface area contributed by atoms with E-state index in [9.17, 15) is 0 Å². The molecule has 2 heteroatoms. The van der Waals surface area contributed by atoms with E-state index in [0.29, 0.717) is 0 Å². The third-order valence-electron chi connectivity index (χ3n) is 14.7. The van der Waals surface area contributed by atoms with Crippen molar-refractivity contribution >= 4 is 60.5 Å². The molecule has 1 heterocycles. The van der Waals surface area contributed by atoms with E-state index >= 15 is 0 Å². The maximum Gasteiger partial charge on any atom is 0.145 e. The fourth-order valence-corrected chi connectivity index (χ4v) is 11.5. The average molecular weight is 820 g/mol. The molecule has 0 unspecified atom stereocenters. The molecule has 2 aliphatic carbocycles. The van der Waals surface area contributed by atoms with Crippen LogP contribution in [0.15, 0.2) is 205 Å². The van der Waals surface area contributed by atoms with Crippen molar-refractivity contribution < 1.29 is 4.42 Å². The number of benzene rings is 10. The molecule has 0 aliphatic heterocycles. The Labute approximate surface area is 373 Å². The summed E-state index contributed by atoms with van der Waals surface area (Å²) in [5.41, 5.74) is 19.9. The largest absolute Gasteiger partial charge is 0.455 e. The summed E-state index contributed by atoms with van der Waals surface area (Å²) in [5, 5.41) is 7.01. The number of fused-ring (bicyclic) bond motifs is 14. The highest BCUT2D eigenvalue weighted by molar-refractivity contribution is 6.31. The van der Waals surface area contributed by atoms with Crippen LogP contribution < -0.4 is 4.90 Å². The standard InChI is InChI=1S/C62H45NO/c1-61(2)52-24-14-12-20-45(52)47-32-30-41(36-54(47)61)63(42-31-33-48-46-21-13-15-25-53(46)62(3,4)55(48)37-42)56-35-34-51-58-49-22-10-8-18-43(49)44-19-9-11-23-50(44)59(58)64-60(51)57(56)40-28-26-39(27-29-40)38-16-6-5-7-17-38/h5-37H,1-4H3. The molecular formula is C62H45NO. The number of anilines is 3. The van der Waals surface area contributed by atoms with Crippen molar-refractivity contribution in [2.45, 2.75) is 38.5 Å². The van der Waals surface area contributed by atoms with Gasteiger partial charge in [-0.25, -0.2) is 0 Å². The highest BCUT2D eigenvalue weighted by atomic mass is 16.3. The zero-order valence-electron chi connectivity index (χ0n) is 36.4. The van der Waals surface area contributed by atoms with Gasteiger partial charge in [0.2, 0.25) is 0 Å². The lowest BCUT2D eigenvalue weighted by Crippen LogP contribution is -2.18. The van der Waals surface area contributed by atoms with Gasteiger partial charge in [-0.3, -0.25) is 0 Å². The third-order valence-corrected chi connectivity index (χ3v) is 14.7. The van der Waals surface area contributed by atoms with Crippen LogP contribution in [0.3, 0.4) is 0 Å². The van der Waals surface area contributed by atoms with Gasteiger partial charge in [-0.1, -0.05) is 191 Å². The molecule has 0 fully saturated rings. The number of hydrogen-bond donors (Lipinski definition) is 0. The first-order valence-corrected chi connectivity index (χ1v) is 22.5. The van der Waals surface area contributed by atoms with Crippen molar-refractivity contribution in [3.8, 4) is 44.5 Å². The lowest BCUT2D eigenvalue weighted by atomic mass is 9.82. The minimum atomic E-state index is -0.171. The molecule has 1 aromatic heterocycles. The summed E-state index contributed by atoms with van der Waals surface area (Å²) in [6.07, 6.45) is 0. The van der Waals surface area contributed by atoms with Gasteiger partial charge in [0.1, 0.15) is 11.2 Å². The lowest BCUT2D eigenvalue weighted by molar-refractivity contribution is 0.660. The SMILES string of the molecule is CC1(C)c2ccccc2-c2ccc(N(c3ccc4c(c3)C(C)(C)c3ccccc3-4)c3ccc4c(oc5c6ccccc6c6ccccc6c45)c3-c3ccc(-c4ccccc4)cc3)cc21. The molecule has 0 N–H and O–H groups in total. The minimum Gasteiger partial charge on any atom is -0.455 e. The van der Waals surface area contributed by atoms with E-state index in [1.807, 2.05) is 0 Å². The Morgan fingerprint density at radius 2 is 0.812 bits per heavy atom. The Balaban J connectivity index is 1.13. The van der Waals surface area contributed by atoms with Crippen molar-refractivity contribution in [3.05, 3.63) is 222 Å². The van der Waals surface area contributed by atoms with E-state index in [4.69, 9.17) is 4.42 Å². The van der Waals surface area contributed by atoms with Crippen LogP contribution in [0.5, 0.6) is 0 Å². The summed E-state index contributed by atoms with van der Waals surface area (Å²) in [7, 11) is 0. The van der Waals surface area contributed by atoms with Crippen LogP contribution in [-0.2, 0) is 10.8 Å². The van der Waals surface area contributed by atoms with E-state index in [-0.39, 0.29) is 10.8 Å². The van der Waals surface area contributed by atoms with Crippen molar-refractivity contribution in [1.29, 1.82) is 0 Å². The monoisotopic (exact) mass is 819 g/mol. The molecular weight excluding hydrogens is 775 g/mol. The van der Waals surface area contributed by atoms with Gasteiger partial charge in [-0.05, 0) is 114 Å². The first kappa shape index (κ1) is 36.9. The molecule has 0 atom stereocenters. The Kier molecular flexibility index (Phi) is 7.74. The molecule has 0 saturated carbocycles. The van der Waals surface area contributed by atoms with Gasteiger partial charge in [0, 0.05) is 43.9 Å². The summed E-state index contributed by atoms with van der Waals surface area (Å²) in [6, 6.07) is 74.0. The zero-order chi connectivity index (χ0) is 42.9. The van der Waals surface area contributed by atoms with E-state index in [1.54, 1.807) is 0 Å². The first-order chi connectivity index (χ1) is 31.3. The maximum atomic E-state index is 7.41. The molecule has 2 nitrogen and oxygen atoms in total. The summed E-state index contributed by atoms with van der Waals surface area (Å²) >= 11 is 0. The predicted octanol–water partition coefficient (Wildman–Crippen LogP) is 17.3. The van der Waals surface area contributed by atoms with E-state index in [0.717, 1.165) is 55.5 Å². The van der Waals surface area contributed by atoms with Gasteiger partial charge in [0.15, 0.2) is 0 Å². The minimum absolute atomic E-state index is 0.171. The van der Waals surface area contributed by atoms with Crippen molar-refractivity contribution in [2.24, 2.45) is 0 Å². The first-order valence-electron chi connectivity index (χ1n) is 22.5. The Bertz CT molecular complexity index is 3610. The second kappa shape index (κ2) is 13.4. The molecule has 0 bridgehead atoms. The molecule has 0 saturated heterocycles. The quantitative estimate of drug-likeness (QED) is 0.161. The third kappa shape index (κ3) is 5.14. The van der Waals surface area contributed by atoms with E-state index < -0.39 is 0 Å². The van der Waals surface area contributed by atoms with Crippen LogP contribution in [0, 0.1) is 0 Å². The van der Waals surface area contributed by atoms with Gasteiger partial charge in [-0.15, -0.1) is 0 Å². The zero-order valence-corrected chi connectivity index (χ0v) is 36.4. The molecule has 0 amide bonds. The fraction of sp³-hybridized carbons (Fsp3) is 0.0968. The Morgan fingerprint density at radius 3 is 1.42 bits per heavy atom. The summed E-state index contributed by atoms with van der Waals surface area (Å²) in [4.78, 5) is 2.50.